The first-order valence-electron chi connectivity index (χ1n) is 8.83. The Kier molecular flexibility index (Phi) is 7.06. The minimum Gasteiger partial charge on any atom is -0.360 e. The monoisotopic (exact) mass is 344 g/mol. The van der Waals surface area contributed by atoms with E-state index < -0.39 is 0 Å². The maximum atomic E-state index is 12.6. The SMILES string of the molecule is Cc1cc(N[C@@H](CC(C)C)C(=O)CCCCN)nc(-n2ccnc2)n1. The summed E-state index contributed by atoms with van der Waals surface area (Å²) in [6.45, 7) is 6.76. The average molecular weight is 344 g/mol. The van der Waals surface area contributed by atoms with Gasteiger partial charge in [-0.1, -0.05) is 13.8 Å². The third kappa shape index (κ3) is 5.94. The predicted octanol–water partition coefficient (Wildman–Crippen LogP) is 2.50. The van der Waals surface area contributed by atoms with Crippen LogP contribution in [0.1, 0.15) is 45.2 Å². The molecule has 2 aromatic heterocycles. The zero-order valence-electron chi connectivity index (χ0n) is 15.3. The van der Waals surface area contributed by atoms with Crippen LogP contribution in [0.15, 0.2) is 24.8 Å². The summed E-state index contributed by atoms with van der Waals surface area (Å²) in [5.74, 6) is 1.82. The van der Waals surface area contributed by atoms with Crippen molar-refractivity contribution in [2.75, 3.05) is 11.9 Å². The van der Waals surface area contributed by atoms with Gasteiger partial charge in [0, 0.05) is 30.6 Å². The Labute approximate surface area is 149 Å². The van der Waals surface area contributed by atoms with E-state index in [2.05, 4.69) is 34.1 Å². The lowest BCUT2D eigenvalue weighted by Gasteiger charge is -2.20. The fourth-order valence-corrected chi connectivity index (χ4v) is 2.66. The largest absolute Gasteiger partial charge is 0.360 e. The molecule has 0 saturated heterocycles. The van der Waals surface area contributed by atoms with Crippen molar-refractivity contribution in [3.8, 4) is 5.95 Å². The van der Waals surface area contributed by atoms with E-state index in [9.17, 15) is 4.79 Å². The van der Waals surface area contributed by atoms with E-state index in [1.54, 1.807) is 23.3 Å². The van der Waals surface area contributed by atoms with Gasteiger partial charge in [-0.25, -0.2) is 9.97 Å². The number of nitrogens with zero attached hydrogens (tertiary/aromatic N) is 4. The molecule has 7 nitrogen and oxygen atoms in total. The number of unbranched alkanes of at least 4 members (excludes halogenated alkanes) is 1. The van der Waals surface area contributed by atoms with Crippen molar-refractivity contribution in [2.45, 2.75) is 52.5 Å². The summed E-state index contributed by atoms with van der Waals surface area (Å²) in [6, 6.07) is 1.61. The molecule has 0 spiro atoms. The van der Waals surface area contributed by atoms with Crippen LogP contribution in [0.5, 0.6) is 0 Å². The van der Waals surface area contributed by atoms with Crippen molar-refractivity contribution in [3.63, 3.8) is 0 Å². The molecule has 0 fully saturated rings. The normalized spacial score (nSPS) is 12.4. The van der Waals surface area contributed by atoms with Crippen molar-refractivity contribution < 1.29 is 4.79 Å². The summed E-state index contributed by atoms with van der Waals surface area (Å²) in [6.07, 6.45) is 8.14. The molecule has 25 heavy (non-hydrogen) atoms. The lowest BCUT2D eigenvalue weighted by atomic mass is 9.97. The molecule has 2 aromatic rings. The van der Waals surface area contributed by atoms with Crippen molar-refractivity contribution in [2.24, 2.45) is 11.7 Å². The number of anilines is 1. The Balaban J connectivity index is 2.15. The molecule has 0 saturated carbocycles. The maximum Gasteiger partial charge on any atom is 0.237 e. The summed E-state index contributed by atoms with van der Waals surface area (Å²) in [7, 11) is 0. The number of nitrogens with one attached hydrogen (secondary N) is 1. The highest BCUT2D eigenvalue weighted by atomic mass is 16.1. The Hall–Kier alpha value is -2.28. The van der Waals surface area contributed by atoms with E-state index in [-0.39, 0.29) is 11.8 Å². The van der Waals surface area contributed by atoms with E-state index >= 15 is 0 Å². The van der Waals surface area contributed by atoms with Crippen LogP contribution >= 0.6 is 0 Å². The second-order valence-electron chi connectivity index (χ2n) is 6.70. The number of ketones is 1. The number of carbonyl (C=O) groups is 1. The molecule has 0 aliphatic heterocycles. The highest BCUT2D eigenvalue weighted by Crippen LogP contribution is 2.16. The van der Waals surface area contributed by atoms with Gasteiger partial charge in [-0.15, -0.1) is 0 Å². The van der Waals surface area contributed by atoms with Crippen LogP contribution in [-0.2, 0) is 4.79 Å². The number of carbonyl (C=O) groups excluding carboxylic acids is 1. The Morgan fingerprint density at radius 1 is 1.32 bits per heavy atom. The summed E-state index contributed by atoms with van der Waals surface area (Å²) < 4.78 is 1.75. The summed E-state index contributed by atoms with van der Waals surface area (Å²) in [5, 5.41) is 3.31. The van der Waals surface area contributed by atoms with Gasteiger partial charge in [0.05, 0.1) is 6.04 Å². The zero-order valence-corrected chi connectivity index (χ0v) is 15.3. The fourth-order valence-electron chi connectivity index (χ4n) is 2.66. The number of aromatic nitrogens is 4. The van der Waals surface area contributed by atoms with Gasteiger partial charge in [0.1, 0.15) is 12.1 Å². The Morgan fingerprint density at radius 3 is 2.76 bits per heavy atom. The predicted molar refractivity (Wildman–Crippen MR) is 98.7 cm³/mol. The van der Waals surface area contributed by atoms with Gasteiger partial charge < -0.3 is 11.1 Å². The summed E-state index contributed by atoms with van der Waals surface area (Å²) in [4.78, 5) is 25.6. The van der Waals surface area contributed by atoms with Crippen molar-refractivity contribution in [1.29, 1.82) is 0 Å². The van der Waals surface area contributed by atoms with Crippen molar-refractivity contribution >= 4 is 11.6 Å². The quantitative estimate of drug-likeness (QED) is 0.643. The molecule has 2 rings (SSSR count). The molecule has 0 aromatic carbocycles. The first kappa shape index (κ1) is 19.1. The molecule has 136 valence electrons. The third-order valence-corrected chi connectivity index (χ3v) is 3.87. The lowest BCUT2D eigenvalue weighted by Crippen LogP contribution is -2.31. The maximum absolute atomic E-state index is 12.6. The molecule has 0 bridgehead atoms. The molecule has 0 aliphatic rings. The number of Topliss-reactive ketones (excluding diaryl/α,β-unsaturated/α-hetero) is 1. The van der Waals surface area contributed by atoms with Crippen LogP contribution in [0.4, 0.5) is 5.82 Å². The van der Waals surface area contributed by atoms with Gasteiger partial charge in [0.15, 0.2) is 5.78 Å². The van der Waals surface area contributed by atoms with E-state index in [0.717, 1.165) is 25.0 Å². The van der Waals surface area contributed by atoms with Crippen LogP contribution in [0.2, 0.25) is 0 Å². The van der Waals surface area contributed by atoms with Gasteiger partial charge in [-0.05, 0) is 38.6 Å². The van der Waals surface area contributed by atoms with Crippen molar-refractivity contribution in [3.05, 3.63) is 30.5 Å². The van der Waals surface area contributed by atoms with E-state index in [1.807, 2.05) is 13.0 Å². The van der Waals surface area contributed by atoms with Crippen LogP contribution in [0.3, 0.4) is 0 Å². The molecule has 7 heteroatoms. The number of nitrogens with two attached hydrogens (primary N) is 1. The van der Waals surface area contributed by atoms with Gasteiger partial charge in [-0.3, -0.25) is 9.36 Å². The van der Waals surface area contributed by atoms with Crippen LogP contribution in [0, 0.1) is 12.8 Å². The molecular weight excluding hydrogens is 316 g/mol. The number of aryl methyl sites for hydroxylation is 1. The molecule has 3 N–H and O–H groups in total. The minimum atomic E-state index is -0.247. The molecule has 0 unspecified atom stereocenters. The molecule has 0 aliphatic carbocycles. The summed E-state index contributed by atoms with van der Waals surface area (Å²) >= 11 is 0. The first-order valence-corrected chi connectivity index (χ1v) is 8.83. The number of hydrogen-bond acceptors (Lipinski definition) is 6. The molecular formula is C18H28N6O. The highest BCUT2D eigenvalue weighted by molar-refractivity contribution is 5.86. The van der Waals surface area contributed by atoms with Gasteiger partial charge in [-0.2, -0.15) is 4.98 Å². The van der Waals surface area contributed by atoms with Gasteiger partial charge in [0.25, 0.3) is 0 Å². The second kappa shape index (κ2) is 9.27. The summed E-state index contributed by atoms with van der Waals surface area (Å²) in [5.41, 5.74) is 6.36. The average Bonchev–Trinajstić information content (AvgIpc) is 3.08. The smallest absolute Gasteiger partial charge is 0.237 e. The zero-order chi connectivity index (χ0) is 18.2. The number of rotatable bonds is 10. The third-order valence-electron chi connectivity index (χ3n) is 3.87. The lowest BCUT2D eigenvalue weighted by molar-refractivity contribution is -0.120. The molecule has 1 atom stereocenters. The minimum absolute atomic E-state index is 0.211. The Morgan fingerprint density at radius 2 is 2.12 bits per heavy atom. The van der Waals surface area contributed by atoms with Crippen LogP contribution in [0.25, 0.3) is 5.95 Å². The highest BCUT2D eigenvalue weighted by Gasteiger charge is 2.20. The first-order chi connectivity index (χ1) is 12.0. The molecule has 0 radical (unpaired) electrons. The van der Waals surface area contributed by atoms with Gasteiger partial charge >= 0.3 is 0 Å². The molecule has 0 amide bonds. The fraction of sp³-hybridized carbons (Fsp3) is 0.556. The van der Waals surface area contributed by atoms with E-state index in [4.69, 9.17) is 5.73 Å². The second-order valence-corrected chi connectivity index (χ2v) is 6.70. The molecule has 2 heterocycles. The topological polar surface area (TPSA) is 98.7 Å². The van der Waals surface area contributed by atoms with Gasteiger partial charge in [0.2, 0.25) is 5.95 Å². The Bertz CT molecular complexity index is 668. The van der Waals surface area contributed by atoms with Crippen LogP contribution in [-0.4, -0.2) is 37.9 Å². The van der Waals surface area contributed by atoms with Crippen molar-refractivity contribution in [1.82, 2.24) is 19.5 Å². The number of hydrogen-bond donors (Lipinski definition) is 2. The van der Waals surface area contributed by atoms with E-state index in [0.29, 0.717) is 30.6 Å². The van der Waals surface area contributed by atoms with Crippen LogP contribution < -0.4 is 11.1 Å². The number of imidazole rings is 1. The van der Waals surface area contributed by atoms with E-state index in [1.165, 1.54) is 0 Å². The standard InChI is InChI=1S/C18H28N6O/c1-13(2)10-15(16(25)6-4-5-7-19)22-17-11-14(3)21-18(23-17)24-9-8-20-12-24/h8-9,11-13,15H,4-7,10,19H2,1-3H3,(H,21,22,23)/t15-/m0/s1.